The first-order valence-corrected chi connectivity index (χ1v) is 36.4. The summed E-state index contributed by atoms with van der Waals surface area (Å²) in [6.07, 6.45) is 36.3. The van der Waals surface area contributed by atoms with Crippen LogP contribution < -0.4 is 0 Å². The molecule has 0 aliphatic heterocycles. The molecule has 0 spiro atoms. The zero-order chi connectivity index (χ0) is 61.7. The van der Waals surface area contributed by atoms with Crippen molar-refractivity contribution < 1.29 is 80.2 Å². The van der Waals surface area contributed by atoms with Crippen LogP contribution in [0.4, 0.5) is 0 Å². The predicted octanol–water partition coefficient (Wildman–Crippen LogP) is 17.5. The molecule has 0 amide bonds. The van der Waals surface area contributed by atoms with Crippen molar-refractivity contribution in [3.8, 4) is 0 Å². The number of ether oxygens (including phenoxy) is 4. The Kier molecular flexibility index (Phi) is 54.1. The number of aliphatic hydroxyl groups excluding tert-OH is 1. The van der Waals surface area contributed by atoms with Crippen LogP contribution in [0.15, 0.2) is 0 Å². The van der Waals surface area contributed by atoms with Crippen LogP contribution in [0.5, 0.6) is 0 Å². The summed E-state index contributed by atoms with van der Waals surface area (Å²) in [5.41, 5.74) is 0. The molecule has 0 saturated heterocycles. The Morgan fingerprint density at radius 2 is 0.614 bits per heavy atom. The maximum absolute atomic E-state index is 13.0. The SMILES string of the molecule is CCCCCCCCCCCCCCC(=O)OC[C@H](COP(=O)(O)OC[C@@H](O)COP(=O)(O)OC[C@@H](COC(=O)CCCCCCCCC(C)C)OC(=O)CCCCCCCCCC(C)C)OC(=O)CCCCCCCCCCC(C)CC. The first kappa shape index (κ1) is 81.1. The van der Waals surface area contributed by atoms with Crippen LogP contribution >= 0.6 is 15.6 Å². The van der Waals surface area contributed by atoms with Gasteiger partial charge in [-0.3, -0.25) is 37.3 Å². The lowest BCUT2D eigenvalue weighted by molar-refractivity contribution is -0.161. The minimum Gasteiger partial charge on any atom is -0.462 e. The topological polar surface area (TPSA) is 237 Å². The molecule has 0 aliphatic carbocycles. The minimum atomic E-state index is -4.95. The van der Waals surface area contributed by atoms with Crippen LogP contribution in [0.1, 0.15) is 312 Å². The molecule has 0 bridgehead atoms. The Morgan fingerprint density at radius 3 is 0.916 bits per heavy atom. The summed E-state index contributed by atoms with van der Waals surface area (Å²) in [4.78, 5) is 72.2. The molecule has 0 aromatic heterocycles. The molecule has 0 radical (unpaired) electrons. The second-order valence-electron chi connectivity index (χ2n) is 24.3. The zero-order valence-corrected chi connectivity index (χ0v) is 55.4. The van der Waals surface area contributed by atoms with E-state index in [1.807, 2.05) is 0 Å². The first-order valence-electron chi connectivity index (χ1n) is 33.4. The van der Waals surface area contributed by atoms with Gasteiger partial charge in [0.2, 0.25) is 0 Å². The van der Waals surface area contributed by atoms with Crippen molar-refractivity contribution >= 4 is 39.5 Å². The van der Waals surface area contributed by atoms with Crippen molar-refractivity contribution in [3.63, 3.8) is 0 Å². The number of rotatable bonds is 62. The summed E-state index contributed by atoms with van der Waals surface area (Å²) in [5, 5.41) is 10.5. The summed E-state index contributed by atoms with van der Waals surface area (Å²) in [7, 11) is -9.89. The third-order valence-corrected chi connectivity index (χ3v) is 16.9. The van der Waals surface area contributed by atoms with Gasteiger partial charge >= 0.3 is 39.5 Å². The fraction of sp³-hybridized carbons (Fsp3) is 0.938. The monoisotopic (exact) mass is 1230 g/mol. The third kappa shape index (κ3) is 57.6. The standard InChI is InChI=1S/C64H124O17P2/c1-8-10-11-12-13-14-15-16-17-23-31-38-45-61(66)74-51-59(80-63(68)47-40-33-24-19-18-22-30-37-44-57(7)9-2)53-78-82(70,71)76-49-58(65)50-77-83(72,73)79-54-60(52-75-62(67)46-39-32-27-26-29-36-43-56(5)6)81-64(69)48-41-34-25-20-21-28-35-42-55(3)4/h55-60,65H,8-54H2,1-7H3,(H,70,71)(H,72,73)/t57?,58-,59-,60-/m1/s1. The maximum Gasteiger partial charge on any atom is 0.472 e. The third-order valence-electron chi connectivity index (χ3n) is 15.0. The molecule has 3 unspecified atom stereocenters. The normalized spacial score (nSPS) is 14.7. The second kappa shape index (κ2) is 55.4. The van der Waals surface area contributed by atoms with E-state index in [9.17, 15) is 43.2 Å². The van der Waals surface area contributed by atoms with Gasteiger partial charge in [0.05, 0.1) is 26.4 Å². The molecule has 0 saturated carbocycles. The van der Waals surface area contributed by atoms with E-state index < -0.39 is 97.5 Å². The van der Waals surface area contributed by atoms with Gasteiger partial charge in [-0.1, -0.05) is 260 Å². The Labute approximate surface area is 505 Å². The molecule has 0 aromatic rings. The number of carbonyl (C=O) groups is 4. The molecular formula is C64H124O17P2. The van der Waals surface area contributed by atoms with Crippen LogP contribution in [0.3, 0.4) is 0 Å². The fourth-order valence-corrected chi connectivity index (χ4v) is 11.0. The molecule has 0 rings (SSSR count). The van der Waals surface area contributed by atoms with Crippen LogP contribution in [-0.2, 0) is 65.4 Å². The number of hydrogen-bond donors (Lipinski definition) is 3. The largest absolute Gasteiger partial charge is 0.472 e. The highest BCUT2D eigenvalue weighted by Crippen LogP contribution is 2.45. The van der Waals surface area contributed by atoms with Crippen molar-refractivity contribution in [2.75, 3.05) is 39.6 Å². The molecule has 3 N–H and O–H groups in total. The van der Waals surface area contributed by atoms with Gasteiger partial charge in [-0.15, -0.1) is 0 Å². The number of aliphatic hydroxyl groups is 1. The molecule has 492 valence electrons. The van der Waals surface area contributed by atoms with E-state index in [2.05, 4.69) is 48.5 Å². The molecule has 0 aliphatic rings. The lowest BCUT2D eigenvalue weighted by atomic mass is 9.99. The molecule has 0 fully saturated rings. The first-order chi connectivity index (χ1) is 39.8. The van der Waals surface area contributed by atoms with Crippen LogP contribution in [0.2, 0.25) is 0 Å². The Balaban J connectivity index is 5.25. The van der Waals surface area contributed by atoms with E-state index in [1.165, 1.54) is 116 Å². The van der Waals surface area contributed by atoms with Gasteiger partial charge in [0.1, 0.15) is 19.3 Å². The predicted molar refractivity (Wildman–Crippen MR) is 331 cm³/mol. The summed E-state index contributed by atoms with van der Waals surface area (Å²) in [6, 6.07) is 0. The highest BCUT2D eigenvalue weighted by molar-refractivity contribution is 7.47. The fourth-order valence-electron chi connectivity index (χ4n) is 9.45. The highest BCUT2D eigenvalue weighted by atomic mass is 31.2. The van der Waals surface area contributed by atoms with Crippen molar-refractivity contribution in [2.24, 2.45) is 17.8 Å². The molecule has 19 heteroatoms. The molecule has 0 heterocycles. The van der Waals surface area contributed by atoms with Gasteiger partial charge in [0.15, 0.2) is 12.2 Å². The zero-order valence-electron chi connectivity index (χ0n) is 53.6. The van der Waals surface area contributed by atoms with Crippen molar-refractivity contribution in [1.82, 2.24) is 0 Å². The van der Waals surface area contributed by atoms with Gasteiger partial charge in [0.25, 0.3) is 0 Å². The van der Waals surface area contributed by atoms with E-state index in [0.29, 0.717) is 37.5 Å². The maximum atomic E-state index is 13.0. The summed E-state index contributed by atoms with van der Waals surface area (Å²) < 4.78 is 68.0. The number of phosphoric acid groups is 2. The Bertz CT molecular complexity index is 1650. The number of unbranched alkanes of at least 4 members (excludes halogenated alkanes) is 29. The van der Waals surface area contributed by atoms with Crippen LogP contribution in [0, 0.1) is 17.8 Å². The van der Waals surface area contributed by atoms with Crippen LogP contribution in [-0.4, -0.2) is 96.7 Å². The Morgan fingerprint density at radius 1 is 0.349 bits per heavy atom. The van der Waals surface area contributed by atoms with Crippen LogP contribution in [0.25, 0.3) is 0 Å². The smallest absolute Gasteiger partial charge is 0.462 e. The molecule has 6 atom stereocenters. The number of carbonyl (C=O) groups excluding carboxylic acids is 4. The number of esters is 4. The highest BCUT2D eigenvalue weighted by Gasteiger charge is 2.30. The van der Waals surface area contributed by atoms with Gasteiger partial charge in [0, 0.05) is 25.7 Å². The number of phosphoric ester groups is 2. The minimum absolute atomic E-state index is 0.102. The lowest BCUT2D eigenvalue weighted by Gasteiger charge is -2.21. The average Bonchev–Trinajstić information content (AvgIpc) is 3.45. The quantitative estimate of drug-likeness (QED) is 0.0222. The summed E-state index contributed by atoms with van der Waals surface area (Å²) in [6.45, 7) is 11.6. The van der Waals surface area contributed by atoms with Gasteiger partial charge in [-0.25, -0.2) is 9.13 Å². The second-order valence-corrected chi connectivity index (χ2v) is 27.3. The van der Waals surface area contributed by atoms with Crippen molar-refractivity contribution in [1.29, 1.82) is 0 Å². The van der Waals surface area contributed by atoms with Gasteiger partial charge < -0.3 is 33.8 Å². The lowest BCUT2D eigenvalue weighted by Crippen LogP contribution is -2.30. The van der Waals surface area contributed by atoms with E-state index >= 15 is 0 Å². The van der Waals surface area contributed by atoms with Crippen molar-refractivity contribution in [3.05, 3.63) is 0 Å². The molecular weight excluding hydrogens is 1100 g/mol. The summed E-state index contributed by atoms with van der Waals surface area (Å²) >= 11 is 0. The van der Waals surface area contributed by atoms with E-state index in [4.69, 9.17) is 37.0 Å². The van der Waals surface area contributed by atoms with E-state index in [-0.39, 0.29) is 25.7 Å². The van der Waals surface area contributed by atoms with Gasteiger partial charge in [-0.05, 0) is 43.4 Å². The average molecular weight is 1230 g/mol. The Hall–Kier alpha value is -1.94. The molecule has 83 heavy (non-hydrogen) atoms. The summed E-state index contributed by atoms with van der Waals surface area (Å²) in [5.74, 6) is 0.00516. The van der Waals surface area contributed by atoms with Gasteiger partial charge in [-0.2, -0.15) is 0 Å². The molecule has 17 nitrogen and oxygen atoms in total. The van der Waals surface area contributed by atoms with Crippen molar-refractivity contribution in [2.45, 2.75) is 330 Å². The molecule has 0 aromatic carbocycles. The van der Waals surface area contributed by atoms with E-state index in [1.54, 1.807) is 0 Å². The number of hydrogen-bond acceptors (Lipinski definition) is 15. The van der Waals surface area contributed by atoms with E-state index in [0.717, 1.165) is 102 Å².